The van der Waals surface area contributed by atoms with Crippen LogP contribution in [0, 0.1) is 0 Å². The van der Waals surface area contributed by atoms with Crippen molar-refractivity contribution in [1.29, 1.82) is 0 Å². The fourth-order valence-electron chi connectivity index (χ4n) is 2.81. The molecule has 24 heavy (non-hydrogen) atoms. The van der Waals surface area contributed by atoms with E-state index in [0.717, 1.165) is 19.3 Å². The summed E-state index contributed by atoms with van der Waals surface area (Å²) < 4.78 is 10.2. The van der Waals surface area contributed by atoms with Crippen LogP contribution in [0.25, 0.3) is 0 Å². The molecule has 0 heterocycles. The summed E-state index contributed by atoms with van der Waals surface area (Å²) in [7, 11) is 0. The maximum Gasteiger partial charge on any atom is 0.303 e. The lowest BCUT2D eigenvalue weighted by molar-refractivity contribution is -0.169. The number of carbonyl (C=O) groups is 2. The molecular formula is C19H36O5. The van der Waals surface area contributed by atoms with Crippen LogP contribution >= 0.6 is 0 Å². The molecule has 0 radical (unpaired) electrons. The Labute approximate surface area is 147 Å². The van der Waals surface area contributed by atoms with E-state index in [2.05, 4.69) is 6.92 Å². The topological polar surface area (TPSA) is 72.8 Å². The number of hydrogen-bond donors (Lipinski definition) is 1. The molecule has 0 aromatic carbocycles. The largest absolute Gasteiger partial charge is 0.459 e. The van der Waals surface area contributed by atoms with Gasteiger partial charge < -0.3 is 14.6 Å². The first-order valence-electron chi connectivity index (χ1n) is 9.46. The van der Waals surface area contributed by atoms with Gasteiger partial charge in [0.25, 0.3) is 0 Å². The Hall–Kier alpha value is -1.10. The van der Waals surface area contributed by atoms with Crippen molar-refractivity contribution in [1.82, 2.24) is 0 Å². The van der Waals surface area contributed by atoms with Crippen LogP contribution in [0.3, 0.4) is 0 Å². The monoisotopic (exact) mass is 344 g/mol. The van der Waals surface area contributed by atoms with Crippen molar-refractivity contribution < 1.29 is 24.2 Å². The van der Waals surface area contributed by atoms with Gasteiger partial charge in [-0.1, -0.05) is 64.7 Å². The van der Waals surface area contributed by atoms with E-state index in [-0.39, 0.29) is 6.61 Å². The summed E-state index contributed by atoms with van der Waals surface area (Å²) in [6.07, 6.45) is 11.5. The molecule has 5 heteroatoms. The maximum absolute atomic E-state index is 11.2. The highest BCUT2D eigenvalue weighted by Crippen LogP contribution is 2.16. The van der Waals surface area contributed by atoms with Crippen LogP contribution < -0.4 is 0 Å². The molecule has 0 rings (SSSR count). The van der Waals surface area contributed by atoms with Gasteiger partial charge in [-0.2, -0.15) is 0 Å². The van der Waals surface area contributed by atoms with Crippen molar-refractivity contribution in [2.75, 3.05) is 6.61 Å². The zero-order valence-electron chi connectivity index (χ0n) is 15.7. The number of ether oxygens (including phenoxy) is 2. The van der Waals surface area contributed by atoms with Crippen LogP contribution in [0.2, 0.25) is 0 Å². The highest BCUT2D eigenvalue weighted by atomic mass is 16.6. The van der Waals surface area contributed by atoms with E-state index >= 15 is 0 Å². The van der Waals surface area contributed by atoms with Crippen LogP contribution in [-0.2, 0) is 19.1 Å². The summed E-state index contributed by atoms with van der Waals surface area (Å²) in [6, 6.07) is 0. The molecule has 0 saturated carbocycles. The third-order valence-electron chi connectivity index (χ3n) is 4.07. The van der Waals surface area contributed by atoms with Gasteiger partial charge in [-0.05, 0) is 12.8 Å². The molecule has 0 aliphatic heterocycles. The summed E-state index contributed by atoms with van der Waals surface area (Å²) in [6.45, 7) is 4.50. The zero-order valence-corrected chi connectivity index (χ0v) is 15.7. The summed E-state index contributed by atoms with van der Waals surface area (Å²) in [5, 5.41) is 9.35. The van der Waals surface area contributed by atoms with Crippen LogP contribution in [0.5, 0.6) is 0 Å². The molecular weight excluding hydrogens is 308 g/mol. The van der Waals surface area contributed by atoms with Crippen LogP contribution in [0.4, 0.5) is 0 Å². The molecule has 2 atom stereocenters. The van der Waals surface area contributed by atoms with E-state index in [4.69, 9.17) is 9.47 Å². The van der Waals surface area contributed by atoms with Crippen LogP contribution in [0.1, 0.15) is 91.4 Å². The van der Waals surface area contributed by atoms with Crippen molar-refractivity contribution in [3.63, 3.8) is 0 Å². The highest BCUT2D eigenvalue weighted by molar-refractivity contribution is 5.67. The Morgan fingerprint density at radius 3 is 1.58 bits per heavy atom. The van der Waals surface area contributed by atoms with E-state index in [0.29, 0.717) is 6.42 Å². The second kappa shape index (κ2) is 15.4. The molecule has 0 amide bonds. The van der Waals surface area contributed by atoms with Crippen molar-refractivity contribution in [3.8, 4) is 0 Å². The highest BCUT2D eigenvalue weighted by Gasteiger charge is 2.26. The Morgan fingerprint density at radius 1 is 0.750 bits per heavy atom. The van der Waals surface area contributed by atoms with Gasteiger partial charge in [-0.15, -0.1) is 0 Å². The third-order valence-corrected chi connectivity index (χ3v) is 4.07. The van der Waals surface area contributed by atoms with Gasteiger partial charge in [0.1, 0.15) is 6.10 Å². The molecule has 0 fully saturated rings. The lowest BCUT2D eigenvalue weighted by atomic mass is 10.0. The minimum atomic E-state index is -0.773. The Bertz CT molecular complexity index is 330. The fourth-order valence-corrected chi connectivity index (χ4v) is 2.81. The SMILES string of the molecule is CCCCCCCCCCCCC(OC(C)=O)C(CO)OC(C)=O. The first-order valence-corrected chi connectivity index (χ1v) is 9.46. The van der Waals surface area contributed by atoms with E-state index in [1.54, 1.807) is 0 Å². The fraction of sp³-hybridized carbons (Fsp3) is 0.895. The van der Waals surface area contributed by atoms with Crippen molar-refractivity contribution in [2.45, 2.75) is 104 Å². The second-order valence-corrected chi connectivity index (χ2v) is 6.45. The second-order valence-electron chi connectivity index (χ2n) is 6.45. The summed E-state index contributed by atoms with van der Waals surface area (Å²) >= 11 is 0. The average Bonchev–Trinajstić information content (AvgIpc) is 2.52. The first kappa shape index (κ1) is 22.9. The number of hydrogen-bond acceptors (Lipinski definition) is 5. The molecule has 0 aromatic rings. The zero-order chi connectivity index (χ0) is 18.2. The number of esters is 2. The van der Waals surface area contributed by atoms with E-state index in [1.807, 2.05) is 0 Å². The van der Waals surface area contributed by atoms with E-state index < -0.39 is 24.1 Å². The van der Waals surface area contributed by atoms with E-state index in [1.165, 1.54) is 58.8 Å². The summed E-state index contributed by atoms with van der Waals surface area (Å²) in [5.41, 5.74) is 0. The van der Waals surface area contributed by atoms with Gasteiger partial charge in [-0.25, -0.2) is 0 Å². The number of rotatable bonds is 15. The summed E-state index contributed by atoms with van der Waals surface area (Å²) in [4.78, 5) is 22.3. The lowest BCUT2D eigenvalue weighted by Crippen LogP contribution is -2.37. The molecule has 5 nitrogen and oxygen atoms in total. The number of carbonyl (C=O) groups excluding carboxylic acids is 2. The number of unbranched alkanes of at least 4 members (excludes halogenated alkanes) is 9. The number of aliphatic hydroxyl groups is 1. The quantitative estimate of drug-likeness (QED) is 0.357. The average molecular weight is 344 g/mol. The van der Waals surface area contributed by atoms with Crippen LogP contribution in [-0.4, -0.2) is 35.9 Å². The molecule has 0 saturated heterocycles. The molecule has 1 N–H and O–H groups in total. The van der Waals surface area contributed by atoms with Crippen molar-refractivity contribution in [3.05, 3.63) is 0 Å². The molecule has 0 aromatic heterocycles. The van der Waals surface area contributed by atoms with E-state index in [9.17, 15) is 14.7 Å². The van der Waals surface area contributed by atoms with Gasteiger partial charge in [-0.3, -0.25) is 9.59 Å². The minimum Gasteiger partial charge on any atom is -0.459 e. The predicted molar refractivity (Wildman–Crippen MR) is 94.7 cm³/mol. The Kier molecular flexibility index (Phi) is 14.7. The van der Waals surface area contributed by atoms with Crippen LogP contribution in [0.15, 0.2) is 0 Å². The van der Waals surface area contributed by atoms with Gasteiger partial charge >= 0.3 is 11.9 Å². The third kappa shape index (κ3) is 13.3. The lowest BCUT2D eigenvalue weighted by Gasteiger charge is -2.24. The normalized spacial score (nSPS) is 13.3. The molecule has 142 valence electrons. The Morgan fingerprint density at radius 2 is 1.17 bits per heavy atom. The van der Waals surface area contributed by atoms with Gasteiger partial charge in [0.2, 0.25) is 0 Å². The Balaban J connectivity index is 3.89. The first-order chi connectivity index (χ1) is 11.5. The standard InChI is InChI=1S/C19H36O5/c1-4-5-6-7-8-9-10-11-12-13-14-18(23-16(2)21)19(15-20)24-17(3)22/h18-20H,4-15H2,1-3H3. The predicted octanol–water partition coefficient (Wildman–Crippen LogP) is 4.15. The van der Waals surface area contributed by atoms with Gasteiger partial charge in [0, 0.05) is 13.8 Å². The maximum atomic E-state index is 11.2. The van der Waals surface area contributed by atoms with Crippen molar-refractivity contribution in [2.24, 2.45) is 0 Å². The molecule has 0 aliphatic rings. The van der Waals surface area contributed by atoms with Gasteiger partial charge in [0.05, 0.1) is 6.61 Å². The summed E-state index contributed by atoms with van der Waals surface area (Å²) in [5.74, 6) is -0.896. The molecule has 0 bridgehead atoms. The van der Waals surface area contributed by atoms with Gasteiger partial charge in [0.15, 0.2) is 6.10 Å². The molecule has 0 spiro atoms. The molecule has 0 aliphatic carbocycles. The minimum absolute atomic E-state index is 0.338. The molecule has 2 unspecified atom stereocenters. The number of aliphatic hydroxyl groups excluding tert-OH is 1. The van der Waals surface area contributed by atoms with Crippen molar-refractivity contribution >= 4 is 11.9 Å². The smallest absolute Gasteiger partial charge is 0.303 e.